The third kappa shape index (κ3) is 5.85. The molecule has 2 aromatic carbocycles. The van der Waals surface area contributed by atoms with Crippen molar-refractivity contribution in [1.29, 1.82) is 0 Å². The minimum atomic E-state index is -3.77. The number of nitrogens with zero attached hydrogens (tertiary/aromatic N) is 1. The van der Waals surface area contributed by atoms with Gasteiger partial charge in [0.2, 0.25) is 15.9 Å². The fourth-order valence-corrected chi connectivity index (χ4v) is 3.58. The van der Waals surface area contributed by atoms with E-state index in [1.807, 2.05) is 0 Å². The Morgan fingerprint density at radius 3 is 2.45 bits per heavy atom. The number of halogens is 1. The maximum Gasteiger partial charge on any atom is 0.338 e. The lowest BCUT2D eigenvalue weighted by molar-refractivity contribution is -0.114. The number of esters is 1. The molecular weight excluding hydrogens is 420 g/mol. The van der Waals surface area contributed by atoms with Crippen molar-refractivity contribution >= 4 is 44.9 Å². The summed E-state index contributed by atoms with van der Waals surface area (Å²) < 4.78 is 35.5. The van der Waals surface area contributed by atoms with Gasteiger partial charge in [-0.05, 0) is 37.3 Å². The first-order valence-corrected chi connectivity index (χ1v) is 10.8. The second-order valence-electron chi connectivity index (χ2n) is 5.90. The highest BCUT2D eigenvalue weighted by molar-refractivity contribution is 7.92. The average molecular weight is 441 g/mol. The Morgan fingerprint density at radius 2 is 1.86 bits per heavy atom. The highest BCUT2D eigenvalue weighted by Crippen LogP contribution is 2.29. The number of hydrogen-bond acceptors (Lipinski definition) is 6. The molecule has 0 spiro atoms. The van der Waals surface area contributed by atoms with Crippen LogP contribution in [-0.2, 0) is 19.6 Å². The lowest BCUT2D eigenvalue weighted by Crippen LogP contribution is -2.37. The number of carbonyl (C=O) groups excluding carboxylic acids is 2. The fraction of sp³-hybridized carbons (Fsp3) is 0.263. The number of sulfonamides is 1. The van der Waals surface area contributed by atoms with Gasteiger partial charge in [-0.25, -0.2) is 13.2 Å². The number of para-hydroxylation sites is 2. The Balaban J connectivity index is 2.22. The second kappa shape index (κ2) is 9.62. The molecule has 0 aliphatic rings. The lowest BCUT2D eigenvalue weighted by atomic mass is 10.2. The Labute approximate surface area is 174 Å². The molecule has 2 rings (SSSR count). The van der Waals surface area contributed by atoms with Crippen LogP contribution in [0.15, 0.2) is 42.5 Å². The Morgan fingerprint density at radius 1 is 1.17 bits per heavy atom. The predicted octanol–water partition coefficient (Wildman–Crippen LogP) is 2.93. The molecule has 1 amide bonds. The van der Waals surface area contributed by atoms with Crippen molar-refractivity contribution in [3.05, 3.63) is 53.1 Å². The van der Waals surface area contributed by atoms with Gasteiger partial charge in [-0.3, -0.25) is 9.10 Å². The van der Waals surface area contributed by atoms with Gasteiger partial charge in [0.25, 0.3) is 0 Å². The summed E-state index contributed by atoms with van der Waals surface area (Å²) in [5.41, 5.74) is 0.705. The van der Waals surface area contributed by atoms with E-state index in [0.29, 0.717) is 5.75 Å². The van der Waals surface area contributed by atoms with E-state index in [2.05, 4.69) is 5.32 Å². The topological polar surface area (TPSA) is 102 Å². The van der Waals surface area contributed by atoms with Gasteiger partial charge >= 0.3 is 5.97 Å². The van der Waals surface area contributed by atoms with Crippen LogP contribution in [0, 0.1) is 0 Å². The first-order chi connectivity index (χ1) is 13.7. The molecule has 0 aromatic heterocycles. The summed E-state index contributed by atoms with van der Waals surface area (Å²) in [4.78, 5) is 24.3. The largest absolute Gasteiger partial charge is 0.495 e. The summed E-state index contributed by atoms with van der Waals surface area (Å²) in [5, 5.41) is 2.67. The zero-order valence-electron chi connectivity index (χ0n) is 16.1. The van der Waals surface area contributed by atoms with Crippen LogP contribution in [0.2, 0.25) is 5.02 Å². The van der Waals surface area contributed by atoms with Crippen molar-refractivity contribution in [2.75, 3.05) is 36.1 Å². The third-order valence-electron chi connectivity index (χ3n) is 3.80. The summed E-state index contributed by atoms with van der Waals surface area (Å²) in [6, 6.07) is 10.7. The molecule has 0 saturated carbocycles. The van der Waals surface area contributed by atoms with Crippen molar-refractivity contribution in [1.82, 2.24) is 0 Å². The molecule has 0 atom stereocenters. The Bertz CT molecular complexity index is 1010. The van der Waals surface area contributed by atoms with Crippen LogP contribution in [0.3, 0.4) is 0 Å². The molecule has 0 heterocycles. The van der Waals surface area contributed by atoms with Gasteiger partial charge in [-0.15, -0.1) is 0 Å². The molecule has 1 N–H and O–H groups in total. The molecule has 156 valence electrons. The van der Waals surface area contributed by atoms with Crippen molar-refractivity contribution in [2.45, 2.75) is 6.92 Å². The van der Waals surface area contributed by atoms with Crippen molar-refractivity contribution in [3.8, 4) is 5.75 Å². The average Bonchev–Trinajstić information content (AvgIpc) is 2.67. The summed E-state index contributed by atoms with van der Waals surface area (Å²) in [5.74, 6) is -0.846. The first kappa shape index (κ1) is 22.5. The quantitative estimate of drug-likeness (QED) is 0.633. The fourth-order valence-electron chi connectivity index (χ4n) is 2.49. The van der Waals surface area contributed by atoms with Crippen LogP contribution in [0.1, 0.15) is 17.3 Å². The zero-order valence-corrected chi connectivity index (χ0v) is 17.7. The van der Waals surface area contributed by atoms with E-state index in [4.69, 9.17) is 21.1 Å². The molecular formula is C19H21ClN2O6S. The Kier molecular flexibility index (Phi) is 7.46. The molecule has 29 heavy (non-hydrogen) atoms. The van der Waals surface area contributed by atoms with Gasteiger partial charge in [-0.1, -0.05) is 23.7 Å². The minimum absolute atomic E-state index is 0.118. The molecule has 8 nitrogen and oxygen atoms in total. The molecule has 0 radical (unpaired) electrons. The normalized spacial score (nSPS) is 10.9. The molecule has 0 saturated heterocycles. The van der Waals surface area contributed by atoms with Crippen LogP contribution < -0.4 is 14.4 Å². The van der Waals surface area contributed by atoms with E-state index in [9.17, 15) is 18.0 Å². The number of methoxy groups -OCH3 is 1. The van der Waals surface area contributed by atoms with E-state index in [1.54, 1.807) is 25.1 Å². The molecule has 0 aliphatic heterocycles. The molecule has 0 aliphatic carbocycles. The number of ether oxygens (including phenoxy) is 2. The SMILES string of the molecule is CCOC(=O)c1ccc(NC(=O)CN(c2ccccc2OC)S(C)(=O)=O)c(Cl)c1. The van der Waals surface area contributed by atoms with Gasteiger partial charge in [-0.2, -0.15) is 0 Å². The van der Waals surface area contributed by atoms with Gasteiger partial charge < -0.3 is 14.8 Å². The van der Waals surface area contributed by atoms with E-state index in [0.717, 1.165) is 10.6 Å². The van der Waals surface area contributed by atoms with Crippen LogP contribution in [0.5, 0.6) is 5.75 Å². The maximum atomic E-state index is 12.5. The van der Waals surface area contributed by atoms with Crippen molar-refractivity contribution in [2.24, 2.45) is 0 Å². The molecule has 0 bridgehead atoms. The van der Waals surface area contributed by atoms with Gasteiger partial charge in [0.1, 0.15) is 12.3 Å². The summed E-state index contributed by atoms with van der Waals surface area (Å²) in [6.07, 6.45) is 0.994. The number of carbonyl (C=O) groups is 2. The third-order valence-corrected chi connectivity index (χ3v) is 5.23. The number of anilines is 2. The van der Waals surface area contributed by atoms with Crippen LogP contribution in [-0.4, -0.2) is 46.8 Å². The molecule has 10 heteroatoms. The Hall–Kier alpha value is -2.78. The number of nitrogens with one attached hydrogen (secondary N) is 1. The smallest absolute Gasteiger partial charge is 0.338 e. The van der Waals surface area contributed by atoms with Crippen LogP contribution >= 0.6 is 11.6 Å². The second-order valence-corrected chi connectivity index (χ2v) is 8.22. The highest BCUT2D eigenvalue weighted by Gasteiger charge is 2.24. The monoisotopic (exact) mass is 440 g/mol. The standard InChI is InChI=1S/C19H21ClN2O6S/c1-4-28-19(24)13-9-10-15(14(20)11-13)21-18(23)12-22(29(3,25)26)16-7-5-6-8-17(16)27-2/h5-11H,4,12H2,1-3H3,(H,21,23). The number of amides is 1. The summed E-state index contributed by atoms with van der Waals surface area (Å²) in [6.45, 7) is 1.41. The van der Waals surface area contributed by atoms with E-state index >= 15 is 0 Å². The number of hydrogen-bond donors (Lipinski definition) is 1. The summed E-state index contributed by atoms with van der Waals surface area (Å²) >= 11 is 6.13. The van der Waals surface area contributed by atoms with E-state index < -0.39 is 28.4 Å². The summed E-state index contributed by atoms with van der Waals surface area (Å²) in [7, 11) is -2.37. The van der Waals surface area contributed by atoms with Gasteiger partial charge in [0.05, 0.1) is 41.9 Å². The minimum Gasteiger partial charge on any atom is -0.495 e. The molecule has 2 aromatic rings. The van der Waals surface area contributed by atoms with Gasteiger partial charge in [0.15, 0.2) is 0 Å². The highest BCUT2D eigenvalue weighted by atomic mass is 35.5. The van der Waals surface area contributed by atoms with Crippen molar-refractivity contribution < 1.29 is 27.5 Å². The van der Waals surface area contributed by atoms with Crippen molar-refractivity contribution in [3.63, 3.8) is 0 Å². The molecule has 0 fully saturated rings. The van der Waals surface area contributed by atoms with Crippen LogP contribution in [0.25, 0.3) is 0 Å². The van der Waals surface area contributed by atoms with Crippen LogP contribution in [0.4, 0.5) is 11.4 Å². The lowest BCUT2D eigenvalue weighted by Gasteiger charge is -2.23. The molecule has 0 unspecified atom stereocenters. The first-order valence-electron chi connectivity index (χ1n) is 8.54. The predicted molar refractivity (Wildman–Crippen MR) is 111 cm³/mol. The zero-order chi connectivity index (χ0) is 21.6. The maximum absolute atomic E-state index is 12.5. The number of benzene rings is 2. The number of rotatable bonds is 8. The van der Waals surface area contributed by atoms with E-state index in [1.165, 1.54) is 31.4 Å². The van der Waals surface area contributed by atoms with E-state index in [-0.39, 0.29) is 28.6 Å². The van der Waals surface area contributed by atoms with Gasteiger partial charge in [0, 0.05) is 0 Å².